The van der Waals surface area contributed by atoms with E-state index in [4.69, 9.17) is 0 Å². The van der Waals surface area contributed by atoms with Crippen LogP contribution < -0.4 is 10.2 Å². The summed E-state index contributed by atoms with van der Waals surface area (Å²) in [4.78, 5) is 15.4. The van der Waals surface area contributed by atoms with Gasteiger partial charge in [-0.3, -0.25) is 4.79 Å². The Morgan fingerprint density at radius 2 is 1.79 bits per heavy atom. The highest BCUT2D eigenvalue weighted by Gasteiger charge is 2.31. The Kier molecular flexibility index (Phi) is 6.97. The van der Waals surface area contributed by atoms with Gasteiger partial charge in [-0.2, -0.15) is 4.31 Å². The van der Waals surface area contributed by atoms with Gasteiger partial charge >= 0.3 is 0 Å². The molecule has 0 aliphatic carbocycles. The van der Waals surface area contributed by atoms with Gasteiger partial charge in [-0.15, -0.1) is 11.3 Å². The lowest BCUT2D eigenvalue weighted by Crippen LogP contribution is -2.36. The molecule has 1 aliphatic rings. The maximum absolute atomic E-state index is 13.0. The number of piperidine rings is 1. The summed E-state index contributed by atoms with van der Waals surface area (Å²) in [6, 6.07) is 9.57. The fourth-order valence-corrected chi connectivity index (χ4v) is 6.49. The molecule has 0 atom stereocenters. The topological polar surface area (TPSA) is 69.7 Å². The van der Waals surface area contributed by atoms with Crippen LogP contribution >= 0.6 is 11.3 Å². The second kappa shape index (κ2) is 9.28. The summed E-state index contributed by atoms with van der Waals surface area (Å²) in [7, 11) is -3.64. The molecule has 3 rings (SSSR count). The van der Waals surface area contributed by atoms with Crippen LogP contribution in [0.15, 0.2) is 40.6 Å². The highest BCUT2D eigenvalue weighted by Crippen LogP contribution is 2.28. The lowest BCUT2D eigenvalue weighted by atomic mass is 10.2. The second-order valence-electron chi connectivity index (χ2n) is 7.46. The van der Waals surface area contributed by atoms with Gasteiger partial charge in [0.2, 0.25) is 10.0 Å². The molecule has 0 saturated carbocycles. The Morgan fingerprint density at radius 3 is 2.38 bits per heavy atom. The Labute approximate surface area is 177 Å². The van der Waals surface area contributed by atoms with Gasteiger partial charge in [0.25, 0.3) is 5.91 Å². The van der Waals surface area contributed by atoms with Crippen molar-refractivity contribution in [2.75, 3.05) is 29.9 Å². The molecule has 6 nitrogen and oxygen atoms in total. The maximum atomic E-state index is 13.0. The van der Waals surface area contributed by atoms with E-state index in [1.54, 1.807) is 5.38 Å². The fourth-order valence-electron chi connectivity index (χ4n) is 3.68. The number of hydrogen-bond donors (Lipinski definition) is 1. The van der Waals surface area contributed by atoms with Crippen LogP contribution in [-0.4, -0.2) is 44.3 Å². The summed E-state index contributed by atoms with van der Waals surface area (Å²) in [5.74, 6) is -0.389. The monoisotopic (exact) mass is 435 g/mol. The van der Waals surface area contributed by atoms with Gasteiger partial charge in [0.05, 0.1) is 0 Å². The normalized spacial score (nSPS) is 15.4. The molecule has 2 heterocycles. The van der Waals surface area contributed by atoms with E-state index in [1.165, 1.54) is 10.4 Å². The predicted octanol–water partition coefficient (Wildman–Crippen LogP) is 4.41. The third-order valence-corrected chi connectivity index (χ3v) is 8.17. The first-order valence-corrected chi connectivity index (χ1v) is 12.4. The van der Waals surface area contributed by atoms with Gasteiger partial charge in [-0.05, 0) is 69.3 Å². The molecule has 1 N–H and O–H groups in total. The molecule has 2 aromatic rings. The van der Waals surface area contributed by atoms with Crippen LogP contribution in [0, 0.1) is 0 Å². The van der Waals surface area contributed by atoms with Crippen LogP contribution in [0.25, 0.3) is 0 Å². The molecular formula is C21H29N3O3S2. The van der Waals surface area contributed by atoms with E-state index in [1.807, 2.05) is 24.3 Å². The Bertz CT molecular complexity index is 930. The number of nitrogens with one attached hydrogen (secondary N) is 1. The number of rotatable bonds is 7. The van der Waals surface area contributed by atoms with E-state index in [0.717, 1.165) is 42.8 Å². The molecule has 0 radical (unpaired) electrons. The molecular weight excluding hydrogens is 406 g/mol. The summed E-state index contributed by atoms with van der Waals surface area (Å²) in [6.07, 6.45) is 2.77. The number of carbonyl (C=O) groups is 1. The Balaban J connectivity index is 1.76. The fraction of sp³-hybridized carbons (Fsp3) is 0.476. The summed E-state index contributed by atoms with van der Waals surface area (Å²) < 4.78 is 27.5. The molecule has 0 spiro atoms. The van der Waals surface area contributed by atoms with Gasteiger partial charge in [0.1, 0.15) is 9.77 Å². The maximum Gasteiger partial charge on any atom is 0.267 e. The molecule has 1 amide bonds. The lowest BCUT2D eigenvalue weighted by molar-refractivity contribution is 0.102. The SMILES string of the molecule is CCN(c1ccc(NC(=O)c2sccc2S(=O)(=O)N2CCCCC2)cc1)C(C)C. The van der Waals surface area contributed by atoms with E-state index in [9.17, 15) is 13.2 Å². The number of amides is 1. The summed E-state index contributed by atoms with van der Waals surface area (Å²) in [6.45, 7) is 8.32. The molecule has 1 aliphatic heterocycles. The van der Waals surface area contributed by atoms with Crippen LogP contribution in [0.4, 0.5) is 11.4 Å². The van der Waals surface area contributed by atoms with Gasteiger partial charge in [0, 0.05) is 37.1 Å². The highest BCUT2D eigenvalue weighted by atomic mass is 32.2. The van der Waals surface area contributed by atoms with Crippen LogP contribution in [-0.2, 0) is 10.0 Å². The van der Waals surface area contributed by atoms with Crippen LogP contribution in [0.5, 0.6) is 0 Å². The largest absolute Gasteiger partial charge is 0.369 e. The number of sulfonamides is 1. The number of benzene rings is 1. The zero-order valence-electron chi connectivity index (χ0n) is 17.2. The van der Waals surface area contributed by atoms with Crippen molar-refractivity contribution in [3.63, 3.8) is 0 Å². The molecule has 0 unspecified atom stereocenters. The van der Waals surface area contributed by atoms with Crippen molar-refractivity contribution in [1.82, 2.24) is 4.31 Å². The average Bonchev–Trinajstić information content (AvgIpc) is 3.21. The minimum absolute atomic E-state index is 0.107. The number of anilines is 2. The smallest absolute Gasteiger partial charge is 0.267 e. The molecule has 1 fully saturated rings. The molecule has 29 heavy (non-hydrogen) atoms. The molecule has 158 valence electrons. The van der Waals surface area contributed by atoms with E-state index >= 15 is 0 Å². The van der Waals surface area contributed by atoms with Gasteiger partial charge < -0.3 is 10.2 Å². The Morgan fingerprint density at radius 1 is 1.14 bits per heavy atom. The van der Waals surface area contributed by atoms with Crippen molar-refractivity contribution in [3.05, 3.63) is 40.6 Å². The molecule has 1 aromatic heterocycles. The molecule has 0 bridgehead atoms. The van der Waals surface area contributed by atoms with Gasteiger partial charge in [0.15, 0.2) is 0 Å². The van der Waals surface area contributed by atoms with Crippen LogP contribution in [0.1, 0.15) is 49.7 Å². The van der Waals surface area contributed by atoms with Crippen LogP contribution in [0.3, 0.4) is 0 Å². The predicted molar refractivity (Wildman–Crippen MR) is 119 cm³/mol. The number of carbonyl (C=O) groups excluding carboxylic acids is 1. The number of thiophene rings is 1. The lowest BCUT2D eigenvalue weighted by Gasteiger charge is -2.27. The van der Waals surface area contributed by atoms with Gasteiger partial charge in [-0.1, -0.05) is 6.42 Å². The van der Waals surface area contributed by atoms with Crippen molar-refractivity contribution in [2.24, 2.45) is 0 Å². The van der Waals surface area contributed by atoms with E-state index in [-0.39, 0.29) is 15.7 Å². The third kappa shape index (κ3) is 4.82. The standard InChI is InChI=1S/C21H29N3O3S2/c1-4-24(16(2)3)18-10-8-17(9-11-18)22-21(25)20-19(12-15-28-20)29(26,27)23-13-6-5-7-14-23/h8-12,15-16H,4-7,13-14H2,1-3H3,(H,22,25). The van der Waals surface area contributed by atoms with Crippen molar-refractivity contribution in [1.29, 1.82) is 0 Å². The first-order valence-electron chi connectivity index (χ1n) is 10.1. The first-order chi connectivity index (χ1) is 13.8. The van der Waals surface area contributed by atoms with Gasteiger partial charge in [-0.25, -0.2) is 8.42 Å². The first kappa shape index (κ1) is 21.8. The summed E-state index contributed by atoms with van der Waals surface area (Å²) >= 11 is 1.16. The van der Waals surface area contributed by atoms with Crippen molar-refractivity contribution >= 4 is 38.6 Å². The molecule has 1 saturated heterocycles. The number of hydrogen-bond acceptors (Lipinski definition) is 5. The quantitative estimate of drug-likeness (QED) is 0.699. The third-order valence-electron chi connectivity index (χ3n) is 5.19. The molecule has 1 aromatic carbocycles. The van der Waals surface area contributed by atoms with Crippen molar-refractivity contribution < 1.29 is 13.2 Å². The van der Waals surface area contributed by atoms with Crippen molar-refractivity contribution in [3.8, 4) is 0 Å². The summed E-state index contributed by atoms with van der Waals surface area (Å²) in [5.41, 5.74) is 1.73. The van der Waals surface area contributed by atoms with Crippen molar-refractivity contribution in [2.45, 2.75) is 51.0 Å². The highest BCUT2D eigenvalue weighted by molar-refractivity contribution is 7.89. The zero-order chi connectivity index (χ0) is 21.0. The van der Waals surface area contributed by atoms with E-state index < -0.39 is 10.0 Å². The van der Waals surface area contributed by atoms with Crippen LogP contribution in [0.2, 0.25) is 0 Å². The summed E-state index contributed by atoms with van der Waals surface area (Å²) in [5, 5.41) is 4.51. The zero-order valence-corrected chi connectivity index (χ0v) is 18.9. The molecule has 8 heteroatoms. The van der Waals surface area contributed by atoms with E-state index in [0.29, 0.717) is 24.8 Å². The minimum Gasteiger partial charge on any atom is -0.369 e. The second-order valence-corrected chi connectivity index (χ2v) is 10.3. The average molecular weight is 436 g/mol. The minimum atomic E-state index is -3.64. The Hall–Kier alpha value is -1.90. The van der Waals surface area contributed by atoms with E-state index in [2.05, 4.69) is 31.0 Å². The number of nitrogens with zero attached hydrogens (tertiary/aromatic N) is 2.